The number of nitrogens with zero attached hydrogens (tertiary/aromatic N) is 1. The summed E-state index contributed by atoms with van der Waals surface area (Å²) in [7, 11) is 0. The van der Waals surface area contributed by atoms with Crippen molar-refractivity contribution in [2.24, 2.45) is 0 Å². The van der Waals surface area contributed by atoms with Crippen molar-refractivity contribution in [1.82, 2.24) is 4.90 Å². The summed E-state index contributed by atoms with van der Waals surface area (Å²) in [5.74, 6) is 0.406. The van der Waals surface area contributed by atoms with E-state index in [2.05, 4.69) is 5.32 Å². The van der Waals surface area contributed by atoms with Crippen LogP contribution in [0.5, 0.6) is 0 Å². The number of carbonyl (C=O) groups excluding carboxylic acids is 1. The van der Waals surface area contributed by atoms with E-state index in [4.69, 9.17) is 11.6 Å². The van der Waals surface area contributed by atoms with Crippen molar-refractivity contribution >= 4 is 46.4 Å². The van der Waals surface area contributed by atoms with Gasteiger partial charge in [0.05, 0.1) is 5.02 Å². The molecular weight excluding hydrogens is 331 g/mol. The first-order chi connectivity index (χ1) is 10.1. The van der Waals surface area contributed by atoms with Crippen molar-refractivity contribution in [2.75, 3.05) is 17.6 Å². The molecule has 1 atom stereocenters. The highest BCUT2D eigenvalue weighted by molar-refractivity contribution is 7.99. The zero-order chi connectivity index (χ0) is 14.8. The smallest absolute Gasteiger partial charge is 0.308 e. The summed E-state index contributed by atoms with van der Waals surface area (Å²) in [5.41, 5.74) is 0.494. The quantitative estimate of drug-likeness (QED) is 0.848. The number of urea groups is 1. The number of halogens is 2. The van der Waals surface area contributed by atoms with Gasteiger partial charge >= 0.3 is 6.03 Å². The summed E-state index contributed by atoms with van der Waals surface area (Å²) in [6, 6.07) is 7.98. The van der Waals surface area contributed by atoms with Gasteiger partial charge in [-0.25, -0.2) is 9.18 Å². The molecule has 3 rings (SSSR count). The third kappa shape index (κ3) is 3.17. The van der Waals surface area contributed by atoms with Crippen LogP contribution in [-0.2, 0) is 0 Å². The maximum Gasteiger partial charge on any atom is 0.323 e. The molecule has 2 amide bonds. The Morgan fingerprint density at radius 1 is 1.43 bits per heavy atom. The lowest BCUT2D eigenvalue weighted by atomic mass is 10.3. The number of nitrogens with one attached hydrogen (secondary N) is 1. The standard InChI is InChI=1S/C14H12ClFN2OS2/c15-10-8-9(3-4-11(10)16)17-14(19)18-5-7-21-13(18)12-2-1-6-20-12/h1-4,6,8,13H,5,7H2,(H,17,19)/t13-/m0/s1. The van der Waals surface area contributed by atoms with Crippen LogP contribution in [0.2, 0.25) is 5.02 Å². The second-order valence-electron chi connectivity index (χ2n) is 4.49. The maximum atomic E-state index is 13.1. The highest BCUT2D eigenvalue weighted by atomic mass is 35.5. The molecule has 1 saturated heterocycles. The number of anilines is 1. The van der Waals surface area contributed by atoms with Gasteiger partial charge in [-0.15, -0.1) is 23.1 Å². The lowest BCUT2D eigenvalue weighted by molar-refractivity contribution is 0.215. The molecule has 7 heteroatoms. The third-order valence-electron chi connectivity index (χ3n) is 3.11. The van der Waals surface area contributed by atoms with E-state index in [1.165, 1.54) is 18.2 Å². The van der Waals surface area contributed by atoms with Crippen molar-refractivity contribution < 1.29 is 9.18 Å². The van der Waals surface area contributed by atoms with Crippen LogP contribution in [-0.4, -0.2) is 23.2 Å². The summed E-state index contributed by atoms with van der Waals surface area (Å²) in [5, 5.41) is 4.82. The Balaban J connectivity index is 1.73. The summed E-state index contributed by atoms with van der Waals surface area (Å²) in [6.07, 6.45) is 0. The van der Waals surface area contributed by atoms with Crippen LogP contribution in [0.3, 0.4) is 0 Å². The van der Waals surface area contributed by atoms with Gasteiger partial charge in [-0.3, -0.25) is 0 Å². The minimum atomic E-state index is -0.497. The molecule has 21 heavy (non-hydrogen) atoms. The van der Waals surface area contributed by atoms with Gasteiger partial charge in [0.15, 0.2) is 0 Å². The van der Waals surface area contributed by atoms with Gasteiger partial charge in [0.1, 0.15) is 11.2 Å². The van der Waals surface area contributed by atoms with Crippen LogP contribution in [0.1, 0.15) is 10.3 Å². The molecule has 110 valence electrons. The minimum Gasteiger partial charge on any atom is -0.308 e. The normalized spacial score (nSPS) is 18.0. The van der Waals surface area contributed by atoms with Crippen molar-refractivity contribution in [3.8, 4) is 0 Å². The fourth-order valence-electron chi connectivity index (χ4n) is 2.11. The Bertz CT molecular complexity index is 650. The number of hydrogen-bond donors (Lipinski definition) is 1. The van der Waals surface area contributed by atoms with Crippen molar-refractivity contribution in [3.63, 3.8) is 0 Å². The highest BCUT2D eigenvalue weighted by Crippen LogP contribution is 2.40. The molecule has 1 N–H and O–H groups in total. The highest BCUT2D eigenvalue weighted by Gasteiger charge is 2.31. The largest absolute Gasteiger partial charge is 0.323 e. The van der Waals surface area contributed by atoms with Crippen molar-refractivity contribution in [3.05, 3.63) is 51.4 Å². The van der Waals surface area contributed by atoms with Gasteiger partial charge in [-0.2, -0.15) is 0 Å². The fraction of sp³-hybridized carbons (Fsp3) is 0.214. The predicted molar refractivity (Wildman–Crippen MR) is 86.7 cm³/mol. The Hall–Kier alpha value is -1.24. The Kier molecular flexibility index (Phi) is 4.37. The third-order valence-corrected chi connectivity index (χ3v) is 5.72. The summed E-state index contributed by atoms with van der Waals surface area (Å²) in [4.78, 5) is 15.3. The molecule has 1 aliphatic heterocycles. The van der Waals surface area contributed by atoms with Gasteiger partial charge in [-0.1, -0.05) is 17.7 Å². The zero-order valence-electron chi connectivity index (χ0n) is 10.9. The molecule has 0 unspecified atom stereocenters. The average Bonchev–Trinajstić information content (AvgIpc) is 3.12. The van der Waals surface area contributed by atoms with Crippen LogP contribution >= 0.6 is 34.7 Å². The van der Waals surface area contributed by atoms with Crippen LogP contribution in [0, 0.1) is 5.82 Å². The molecule has 1 aliphatic rings. The number of hydrogen-bond acceptors (Lipinski definition) is 3. The molecule has 2 aromatic rings. The molecule has 2 heterocycles. The predicted octanol–water partition coefficient (Wildman–Crippen LogP) is 4.82. The summed E-state index contributed by atoms with van der Waals surface area (Å²) < 4.78 is 13.1. The van der Waals surface area contributed by atoms with Gasteiger partial charge in [-0.05, 0) is 29.6 Å². The molecule has 1 aromatic heterocycles. The van der Waals surface area contributed by atoms with Gasteiger partial charge in [0.25, 0.3) is 0 Å². The molecule has 0 saturated carbocycles. The molecular formula is C14H12ClFN2OS2. The number of thiophene rings is 1. The Labute approximate surface area is 135 Å². The second-order valence-corrected chi connectivity index (χ2v) is 7.07. The summed E-state index contributed by atoms with van der Waals surface area (Å²) in [6.45, 7) is 0.688. The van der Waals surface area contributed by atoms with E-state index in [1.54, 1.807) is 28.0 Å². The molecule has 0 bridgehead atoms. The first kappa shape index (κ1) is 14.7. The van der Waals surface area contributed by atoms with Gasteiger partial charge in [0.2, 0.25) is 0 Å². The molecule has 0 spiro atoms. The fourth-order valence-corrected chi connectivity index (χ4v) is 4.53. The molecule has 1 fully saturated rings. The van der Waals surface area contributed by atoms with Gasteiger partial charge < -0.3 is 10.2 Å². The first-order valence-corrected chi connectivity index (χ1v) is 8.63. The van der Waals surface area contributed by atoms with E-state index in [0.29, 0.717) is 12.2 Å². The number of carbonyl (C=O) groups is 1. The van der Waals surface area contributed by atoms with Crippen molar-refractivity contribution in [2.45, 2.75) is 5.37 Å². The number of rotatable bonds is 2. The number of benzene rings is 1. The zero-order valence-corrected chi connectivity index (χ0v) is 13.3. The van der Waals surface area contributed by atoms with Crippen molar-refractivity contribution in [1.29, 1.82) is 0 Å². The lowest BCUT2D eigenvalue weighted by Crippen LogP contribution is -2.34. The van der Waals surface area contributed by atoms with E-state index in [1.807, 2.05) is 17.5 Å². The van der Waals surface area contributed by atoms with Crippen LogP contribution in [0.4, 0.5) is 14.9 Å². The minimum absolute atomic E-state index is 0.00148. The van der Waals surface area contributed by atoms with E-state index in [0.717, 1.165) is 10.6 Å². The number of amides is 2. The second kappa shape index (κ2) is 6.25. The molecule has 3 nitrogen and oxygen atoms in total. The summed E-state index contributed by atoms with van der Waals surface area (Å²) >= 11 is 9.11. The monoisotopic (exact) mass is 342 g/mol. The van der Waals surface area contributed by atoms with Crippen LogP contribution in [0.25, 0.3) is 0 Å². The Morgan fingerprint density at radius 2 is 2.29 bits per heavy atom. The molecule has 1 aromatic carbocycles. The van der Waals surface area contributed by atoms with E-state index < -0.39 is 5.82 Å². The van der Waals surface area contributed by atoms with Crippen LogP contribution in [0.15, 0.2) is 35.7 Å². The van der Waals surface area contributed by atoms with Gasteiger partial charge in [0, 0.05) is 22.9 Å². The maximum absolute atomic E-state index is 13.1. The van der Waals surface area contributed by atoms with E-state index in [-0.39, 0.29) is 16.4 Å². The first-order valence-electron chi connectivity index (χ1n) is 6.33. The molecule has 0 radical (unpaired) electrons. The number of thioether (sulfide) groups is 1. The lowest BCUT2D eigenvalue weighted by Gasteiger charge is -2.23. The topological polar surface area (TPSA) is 32.3 Å². The Morgan fingerprint density at radius 3 is 3.00 bits per heavy atom. The molecule has 0 aliphatic carbocycles. The van der Waals surface area contributed by atoms with E-state index >= 15 is 0 Å². The van der Waals surface area contributed by atoms with E-state index in [9.17, 15) is 9.18 Å². The average molecular weight is 343 g/mol. The van der Waals surface area contributed by atoms with Crippen LogP contribution < -0.4 is 5.32 Å². The SMILES string of the molecule is O=C(Nc1ccc(F)c(Cl)c1)N1CCS[C@H]1c1cccs1.